The summed E-state index contributed by atoms with van der Waals surface area (Å²) in [6, 6.07) is 19.8. The number of terminal acetylenes is 1. The summed E-state index contributed by atoms with van der Waals surface area (Å²) in [6.45, 7) is 9.91. The highest BCUT2D eigenvalue weighted by atomic mass is 16.5. The maximum Gasteiger partial charge on any atom is 0.261 e. The number of likely N-dealkylation sites (tertiary alicyclic amines) is 1. The smallest absolute Gasteiger partial charge is 0.261 e. The fraction of sp³-hybridized carbons (Fsp3) is 0.290. The van der Waals surface area contributed by atoms with Crippen molar-refractivity contribution in [3.05, 3.63) is 91.5 Å². The number of amides is 1. The van der Waals surface area contributed by atoms with E-state index in [0.717, 1.165) is 49.9 Å². The molecule has 1 aromatic heterocycles. The summed E-state index contributed by atoms with van der Waals surface area (Å²) in [4.78, 5) is 16.0. The quantitative estimate of drug-likeness (QED) is 0.281. The molecule has 5 nitrogen and oxygen atoms in total. The lowest BCUT2D eigenvalue weighted by Gasteiger charge is -2.29. The first-order valence-electron chi connectivity index (χ1n) is 12.3. The number of hydrogen-bond acceptors (Lipinski definition) is 3. The van der Waals surface area contributed by atoms with E-state index in [2.05, 4.69) is 26.0 Å². The topological polar surface area (TPSA) is 47.4 Å². The first-order valence-corrected chi connectivity index (χ1v) is 12.3. The van der Waals surface area contributed by atoms with Crippen molar-refractivity contribution >= 4 is 5.91 Å². The molecule has 0 bridgehead atoms. The van der Waals surface area contributed by atoms with Crippen LogP contribution in [0.2, 0.25) is 0 Å². The second kappa shape index (κ2) is 15.1. The SMILES string of the molecule is C#C.C=CC.C=CCC1CCCCCN1C(=O)c1c(-c2ccccc2)nn(-c2ccccc2)c1OC. The Kier molecular flexibility index (Phi) is 11.8. The average Bonchev–Trinajstić information content (AvgIpc) is 3.17. The summed E-state index contributed by atoms with van der Waals surface area (Å²) in [7, 11) is 1.60. The number of carbonyl (C=O) groups excluding carboxylic acids is 1. The van der Waals surface area contributed by atoms with Crippen molar-refractivity contribution < 1.29 is 9.53 Å². The zero-order valence-electron chi connectivity index (χ0n) is 21.5. The van der Waals surface area contributed by atoms with Crippen LogP contribution in [0.3, 0.4) is 0 Å². The Morgan fingerprint density at radius 3 is 2.25 bits per heavy atom. The fourth-order valence-corrected chi connectivity index (χ4v) is 4.35. The van der Waals surface area contributed by atoms with Crippen LogP contribution in [0.4, 0.5) is 0 Å². The van der Waals surface area contributed by atoms with Crippen LogP contribution >= 0.6 is 0 Å². The van der Waals surface area contributed by atoms with Crippen LogP contribution in [0.25, 0.3) is 16.9 Å². The zero-order chi connectivity index (χ0) is 26.3. The van der Waals surface area contributed by atoms with Crippen molar-refractivity contribution in [1.29, 1.82) is 0 Å². The van der Waals surface area contributed by atoms with Gasteiger partial charge in [-0.15, -0.1) is 26.0 Å². The van der Waals surface area contributed by atoms with Gasteiger partial charge >= 0.3 is 0 Å². The van der Waals surface area contributed by atoms with E-state index in [0.29, 0.717) is 17.1 Å². The number of para-hydroxylation sites is 1. The van der Waals surface area contributed by atoms with E-state index >= 15 is 0 Å². The van der Waals surface area contributed by atoms with E-state index in [9.17, 15) is 4.79 Å². The third-order valence-corrected chi connectivity index (χ3v) is 5.87. The Labute approximate surface area is 216 Å². The molecule has 2 heterocycles. The van der Waals surface area contributed by atoms with Gasteiger partial charge in [-0.1, -0.05) is 73.5 Å². The number of ether oxygens (including phenoxy) is 1. The highest BCUT2D eigenvalue weighted by Gasteiger charge is 2.33. The minimum absolute atomic E-state index is 0.0216. The molecule has 0 spiro atoms. The van der Waals surface area contributed by atoms with Crippen LogP contribution in [0.1, 0.15) is 49.4 Å². The number of rotatable bonds is 6. The number of methoxy groups -OCH3 is 1. The summed E-state index contributed by atoms with van der Waals surface area (Å²) in [5.74, 6) is 0.447. The number of hydrogen-bond donors (Lipinski definition) is 0. The van der Waals surface area contributed by atoms with Gasteiger partial charge in [-0.2, -0.15) is 9.78 Å². The predicted octanol–water partition coefficient (Wildman–Crippen LogP) is 6.95. The molecule has 1 saturated heterocycles. The first kappa shape index (κ1) is 28.2. The second-order valence-corrected chi connectivity index (χ2v) is 8.28. The standard InChI is InChI=1S/C26H29N3O2.C3H6.C2H2/c1-3-13-21-16-11-6-12-19-28(21)25(30)23-24(20-14-7-4-8-15-20)27-29(26(23)31-2)22-17-9-5-10-18-22;1-3-2;1-2/h3-5,7-10,14-15,17-18,21H,1,6,11-13,16,19H2,2H3;3H,1H2,2H3;1-2H. The maximum atomic E-state index is 14.0. The number of benzene rings is 2. The van der Waals surface area contributed by atoms with Crippen molar-refractivity contribution in [2.75, 3.05) is 13.7 Å². The van der Waals surface area contributed by atoms with Gasteiger partial charge in [0.2, 0.25) is 5.88 Å². The predicted molar refractivity (Wildman–Crippen MR) is 149 cm³/mol. The number of allylic oxidation sites excluding steroid dienone is 1. The van der Waals surface area contributed by atoms with Crippen molar-refractivity contribution in [2.45, 2.75) is 45.1 Å². The zero-order valence-corrected chi connectivity index (χ0v) is 21.5. The fourth-order valence-electron chi connectivity index (χ4n) is 4.35. The Bertz CT molecular complexity index is 1120. The van der Waals surface area contributed by atoms with Gasteiger partial charge < -0.3 is 9.64 Å². The van der Waals surface area contributed by atoms with Gasteiger partial charge in [0.15, 0.2) is 0 Å². The Balaban J connectivity index is 0.000000850. The third-order valence-electron chi connectivity index (χ3n) is 5.87. The Morgan fingerprint density at radius 1 is 1.06 bits per heavy atom. The summed E-state index contributed by atoms with van der Waals surface area (Å²) in [5, 5.41) is 4.86. The molecule has 0 N–H and O–H groups in total. The lowest BCUT2D eigenvalue weighted by molar-refractivity contribution is 0.0681. The normalized spacial score (nSPS) is 14.7. The molecule has 4 rings (SSSR count). The monoisotopic (exact) mass is 483 g/mol. The third kappa shape index (κ3) is 6.76. The van der Waals surface area contributed by atoms with Crippen LogP contribution in [-0.2, 0) is 0 Å². The van der Waals surface area contributed by atoms with Gasteiger partial charge in [-0.3, -0.25) is 4.79 Å². The van der Waals surface area contributed by atoms with Crippen LogP contribution < -0.4 is 4.74 Å². The minimum atomic E-state index is -0.0216. The number of carbonyl (C=O) groups is 1. The van der Waals surface area contributed by atoms with Crippen molar-refractivity contribution in [3.8, 4) is 35.7 Å². The lowest BCUT2D eigenvalue weighted by atomic mass is 10.0. The molecule has 1 aliphatic rings. The lowest BCUT2D eigenvalue weighted by Crippen LogP contribution is -2.40. The maximum absolute atomic E-state index is 14.0. The molecule has 0 aliphatic carbocycles. The summed E-state index contributed by atoms with van der Waals surface area (Å²) < 4.78 is 7.54. The van der Waals surface area contributed by atoms with Gasteiger partial charge in [0.05, 0.1) is 12.8 Å². The molecule has 36 heavy (non-hydrogen) atoms. The van der Waals surface area contributed by atoms with Gasteiger partial charge in [0.25, 0.3) is 5.91 Å². The summed E-state index contributed by atoms with van der Waals surface area (Å²) in [5.41, 5.74) is 2.92. The van der Waals surface area contributed by atoms with Crippen LogP contribution in [0.15, 0.2) is 86.0 Å². The molecule has 1 amide bonds. The average molecular weight is 484 g/mol. The van der Waals surface area contributed by atoms with Crippen LogP contribution in [0.5, 0.6) is 5.88 Å². The van der Waals surface area contributed by atoms with Crippen molar-refractivity contribution in [3.63, 3.8) is 0 Å². The van der Waals surface area contributed by atoms with E-state index in [4.69, 9.17) is 9.84 Å². The summed E-state index contributed by atoms with van der Waals surface area (Å²) in [6.07, 6.45) is 16.7. The van der Waals surface area contributed by atoms with Crippen LogP contribution in [0, 0.1) is 12.8 Å². The number of aromatic nitrogens is 2. The van der Waals surface area contributed by atoms with E-state index < -0.39 is 0 Å². The molecular weight excluding hydrogens is 446 g/mol. The number of nitrogens with zero attached hydrogens (tertiary/aromatic N) is 3. The highest BCUT2D eigenvalue weighted by molar-refractivity contribution is 6.02. The molecule has 1 aliphatic heterocycles. The second-order valence-electron chi connectivity index (χ2n) is 8.28. The van der Waals surface area contributed by atoms with E-state index in [1.807, 2.05) is 78.6 Å². The van der Waals surface area contributed by atoms with E-state index in [1.165, 1.54) is 0 Å². The Morgan fingerprint density at radius 2 is 1.67 bits per heavy atom. The molecular formula is C31H37N3O2. The molecule has 1 atom stereocenters. The molecule has 0 saturated carbocycles. The first-order chi connectivity index (χ1) is 17.7. The molecule has 3 aromatic rings. The molecule has 1 unspecified atom stereocenters. The molecule has 2 aromatic carbocycles. The molecule has 188 valence electrons. The van der Waals surface area contributed by atoms with Gasteiger partial charge in [-0.25, -0.2) is 0 Å². The van der Waals surface area contributed by atoms with Crippen LogP contribution in [-0.4, -0.2) is 40.3 Å². The van der Waals surface area contributed by atoms with Gasteiger partial charge in [-0.05, 0) is 38.3 Å². The van der Waals surface area contributed by atoms with E-state index in [1.54, 1.807) is 17.9 Å². The molecule has 5 heteroatoms. The summed E-state index contributed by atoms with van der Waals surface area (Å²) >= 11 is 0. The van der Waals surface area contributed by atoms with Gasteiger partial charge in [0.1, 0.15) is 11.3 Å². The molecule has 0 radical (unpaired) electrons. The van der Waals surface area contributed by atoms with Crippen molar-refractivity contribution in [1.82, 2.24) is 14.7 Å². The largest absolute Gasteiger partial charge is 0.480 e. The minimum Gasteiger partial charge on any atom is -0.480 e. The van der Waals surface area contributed by atoms with Gasteiger partial charge in [0, 0.05) is 18.2 Å². The van der Waals surface area contributed by atoms with E-state index in [-0.39, 0.29) is 11.9 Å². The Hall–Kier alpha value is -4.04. The van der Waals surface area contributed by atoms with Crippen molar-refractivity contribution in [2.24, 2.45) is 0 Å². The highest BCUT2D eigenvalue weighted by Crippen LogP contribution is 2.35. The molecule has 1 fully saturated rings.